The summed E-state index contributed by atoms with van der Waals surface area (Å²) < 4.78 is 0. The summed E-state index contributed by atoms with van der Waals surface area (Å²) in [5.74, 6) is 0.601. The summed E-state index contributed by atoms with van der Waals surface area (Å²) >= 11 is 0. The van der Waals surface area contributed by atoms with E-state index in [4.69, 9.17) is 5.73 Å². The lowest BCUT2D eigenvalue weighted by molar-refractivity contribution is -0.131. The minimum absolute atomic E-state index is 0.198. The van der Waals surface area contributed by atoms with Gasteiger partial charge < -0.3 is 16.0 Å². The van der Waals surface area contributed by atoms with E-state index in [2.05, 4.69) is 28.5 Å². The molecule has 0 spiro atoms. The Hall–Kier alpha value is -2.04. The fourth-order valence-corrected chi connectivity index (χ4v) is 3.65. The zero-order chi connectivity index (χ0) is 16.8. The van der Waals surface area contributed by atoms with E-state index in [1.807, 2.05) is 4.90 Å². The number of likely N-dealkylation sites (tertiary alicyclic amines) is 1. The van der Waals surface area contributed by atoms with Crippen LogP contribution in [0.3, 0.4) is 0 Å². The van der Waals surface area contributed by atoms with E-state index in [1.165, 1.54) is 30.4 Å². The van der Waals surface area contributed by atoms with Crippen molar-refractivity contribution >= 4 is 17.6 Å². The molecule has 1 heterocycles. The Kier molecular flexibility index (Phi) is 5.72. The van der Waals surface area contributed by atoms with E-state index in [9.17, 15) is 4.79 Å². The molecule has 0 bridgehead atoms. The summed E-state index contributed by atoms with van der Waals surface area (Å²) in [5, 5.41) is 3.23. The van der Waals surface area contributed by atoms with Crippen LogP contribution in [0.4, 0.5) is 5.69 Å². The summed E-state index contributed by atoms with van der Waals surface area (Å²) in [5.41, 5.74) is 9.87. The van der Waals surface area contributed by atoms with Crippen molar-refractivity contribution < 1.29 is 4.79 Å². The van der Waals surface area contributed by atoms with Crippen LogP contribution in [-0.2, 0) is 17.6 Å². The van der Waals surface area contributed by atoms with Crippen molar-refractivity contribution in [1.29, 1.82) is 0 Å². The minimum atomic E-state index is 0.198. The number of carbonyl (C=O) groups excluding carboxylic acids is 1. The maximum absolute atomic E-state index is 12.1. The molecule has 1 aliphatic carbocycles. The molecule has 1 amide bonds. The maximum atomic E-state index is 12.1. The van der Waals surface area contributed by atoms with E-state index in [0.717, 1.165) is 44.5 Å². The minimum Gasteiger partial charge on any atom is -0.370 e. The van der Waals surface area contributed by atoms with Crippen molar-refractivity contribution in [2.24, 2.45) is 10.7 Å². The first-order valence-corrected chi connectivity index (χ1v) is 9.19. The van der Waals surface area contributed by atoms with Crippen molar-refractivity contribution in [2.75, 3.05) is 25.0 Å². The van der Waals surface area contributed by atoms with Gasteiger partial charge in [0.15, 0.2) is 5.96 Å². The molecule has 2 aliphatic rings. The lowest BCUT2D eigenvalue weighted by Gasteiger charge is -2.26. The number of hydrogen-bond acceptors (Lipinski definition) is 2. The Morgan fingerprint density at radius 2 is 1.92 bits per heavy atom. The zero-order valence-corrected chi connectivity index (χ0v) is 14.4. The lowest BCUT2D eigenvalue weighted by Crippen LogP contribution is -2.36. The van der Waals surface area contributed by atoms with Crippen molar-refractivity contribution in [3.63, 3.8) is 0 Å². The highest BCUT2D eigenvalue weighted by Gasteiger charge is 2.16. The molecule has 5 nitrogen and oxygen atoms in total. The number of anilines is 1. The molecule has 0 atom stereocenters. The van der Waals surface area contributed by atoms with Crippen LogP contribution in [0.2, 0.25) is 0 Å². The van der Waals surface area contributed by atoms with Crippen LogP contribution in [0, 0.1) is 0 Å². The number of piperidine rings is 1. The van der Waals surface area contributed by atoms with Gasteiger partial charge in [-0.1, -0.05) is 12.1 Å². The van der Waals surface area contributed by atoms with E-state index >= 15 is 0 Å². The van der Waals surface area contributed by atoms with Gasteiger partial charge in [0.05, 0.1) is 6.54 Å². The number of hydrogen-bond donors (Lipinski definition) is 2. The van der Waals surface area contributed by atoms with Crippen molar-refractivity contribution in [3.05, 3.63) is 29.3 Å². The van der Waals surface area contributed by atoms with E-state index in [0.29, 0.717) is 18.9 Å². The van der Waals surface area contributed by atoms with E-state index in [1.54, 1.807) is 0 Å². The highest BCUT2D eigenvalue weighted by molar-refractivity contribution is 5.93. The van der Waals surface area contributed by atoms with Crippen LogP contribution in [-0.4, -0.2) is 36.4 Å². The summed E-state index contributed by atoms with van der Waals surface area (Å²) in [6.45, 7) is 2.24. The summed E-state index contributed by atoms with van der Waals surface area (Å²) in [6, 6.07) is 6.33. The molecule has 1 aromatic rings. The third-order valence-corrected chi connectivity index (χ3v) is 4.98. The molecule has 24 heavy (non-hydrogen) atoms. The fourth-order valence-electron chi connectivity index (χ4n) is 3.65. The van der Waals surface area contributed by atoms with Gasteiger partial charge in [-0.15, -0.1) is 0 Å². The van der Waals surface area contributed by atoms with Crippen LogP contribution in [0.15, 0.2) is 23.2 Å². The fraction of sp³-hybridized carbons (Fsp3) is 0.579. The number of benzene rings is 1. The number of nitrogens with one attached hydrogen (secondary N) is 1. The molecule has 130 valence electrons. The number of fused-ring (bicyclic) bond motifs is 1. The standard InChI is InChI=1S/C19H28N4O/c20-19(21-12-11-18(24)23-13-4-1-5-14-23)22-17-10-6-8-15-7-2-3-9-16(15)17/h6,8,10H,1-5,7,9,11-14H2,(H3,20,21,22). The van der Waals surface area contributed by atoms with Crippen LogP contribution >= 0.6 is 0 Å². The molecule has 1 saturated heterocycles. The second kappa shape index (κ2) is 8.18. The number of guanidine groups is 1. The second-order valence-corrected chi connectivity index (χ2v) is 6.73. The number of carbonyl (C=O) groups is 1. The van der Waals surface area contributed by atoms with Crippen molar-refractivity contribution in [1.82, 2.24) is 4.90 Å². The van der Waals surface area contributed by atoms with Gasteiger partial charge in [0.1, 0.15) is 0 Å². The lowest BCUT2D eigenvalue weighted by atomic mass is 9.90. The molecule has 0 aromatic heterocycles. The van der Waals surface area contributed by atoms with Crippen molar-refractivity contribution in [2.45, 2.75) is 51.4 Å². The van der Waals surface area contributed by atoms with Crippen LogP contribution in [0.1, 0.15) is 49.7 Å². The number of aryl methyl sites for hydroxylation is 1. The van der Waals surface area contributed by atoms with Gasteiger partial charge in [0, 0.05) is 25.2 Å². The first-order chi connectivity index (χ1) is 11.7. The molecule has 1 aliphatic heterocycles. The number of amides is 1. The van der Waals surface area contributed by atoms with Crippen LogP contribution in [0.25, 0.3) is 0 Å². The molecule has 0 saturated carbocycles. The van der Waals surface area contributed by atoms with Gasteiger partial charge in [-0.05, 0) is 62.1 Å². The Morgan fingerprint density at radius 1 is 1.12 bits per heavy atom. The average molecular weight is 328 g/mol. The molecular formula is C19H28N4O. The quantitative estimate of drug-likeness (QED) is 0.659. The van der Waals surface area contributed by atoms with E-state index in [-0.39, 0.29) is 5.91 Å². The summed E-state index contributed by atoms with van der Waals surface area (Å²) in [6.07, 6.45) is 8.66. The zero-order valence-electron chi connectivity index (χ0n) is 14.4. The largest absolute Gasteiger partial charge is 0.370 e. The van der Waals surface area contributed by atoms with Gasteiger partial charge in [-0.25, -0.2) is 0 Å². The smallest absolute Gasteiger partial charge is 0.224 e. The molecule has 1 aromatic carbocycles. The van der Waals surface area contributed by atoms with Gasteiger partial charge in [-0.2, -0.15) is 0 Å². The molecule has 3 rings (SSSR count). The number of nitrogens with two attached hydrogens (primary N) is 1. The number of rotatable bonds is 4. The number of nitrogens with zero attached hydrogens (tertiary/aromatic N) is 2. The highest BCUT2D eigenvalue weighted by Crippen LogP contribution is 2.27. The first-order valence-electron chi connectivity index (χ1n) is 9.19. The molecular weight excluding hydrogens is 300 g/mol. The average Bonchev–Trinajstić information content (AvgIpc) is 2.63. The predicted molar refractivity (Wildman–Crippen MR) is 98.2 cm³/mol. The Morgan fingerprint density at radius 3 is 2.75 bits per heavy atom. The summed E-state index contributed by atoms with van der Waals surface area (Å²) in [4.78, 5) is 18.4. The maximum Gasteiger partial charge on any atom is 0.224 e. The number of aliphatic imine (C=N–C) groups is 1. The van der Waals surface area contributed by atoms with Crippen LogP contribution < -0.4 is 11.1 Å². The normalized spacial score (nSPS) is 18.2. The van der Waals surface area contributed by atoms with Crippen molar-refractivity contribution in [3.8, 4) is 0 Å². The molecule has 0 unspecified atom stereocenters. The predicted octanol–water partition coefficient (Wildman–Crippen LogP) is 2.69. The van der Waals surface area contributed by atoms with E-state index < -0.39 is 0 Å². The Labute approximate surface area is 144 Å². The van der Waals surface area contributed by atoms with Crippen LogP contribution in [0.5, 0.6) is 0 Å². The topological polar surface area (TPSA) is 70.7 Å². The first kappa shape index (κ1) is 16.8. The molecule has 0 radical (unpaired) electrons. The molecule has 5 heteroatoms. The monoisotopic (exact) mass is 328 g/mol. The Bertz CT molecular complexity index is 605. The molecule has 1 fully saturated rings. The SMILES string of the molecule is NC(=NCCC(=O)N1CCCCC1)Nc1cccc2c1CCCC2. The third kappa shape index (κ3) is 4.28. The van der Waals surface area contributed by atoms with Gasteiger partial charge >= 0.3 is 0 Å². The second-order valence-electron chi connectivity index (χ2n) is 6.73. The Balaban J connectivity index is 1.52. The summed E-state index contributed by atoms with van der Waals surface area (Å²) in [7, 11) is 0. The van der Waals surface area contributed by atoms with Gasteiger partial charge in [0.25, 0.3) is 0 Å². The van der Waals surface area contributed by atoms with Gasteiger partial charge in [0.2, 0.25) is 5.91 Å². The van der Waals surface area contributed by atoms with Gasteiger partial charge in [-0.3, -0.25) is 9.79 Å². The third-order valence-electron chi connectivity index (χ3n) is 4.98. The molecule has 3 N–H and O–H groups in total. The highest BCUT2D eigenvalue weighted by atomic mass is 16.2.